The van der Waals surface area contributed by atoms with Crippen LogP contribution in [0.3, 0.4) is 0 Å². The van der Waals surface area contributed by atoms with E-state index in [9.17, 15) is 0 Å². The highest BCUT2D eigenvalue weighted by molar-refractivity contribution is 5.52. The Balaban J connectivity index is 1.87. The molecule has 20 heavy (non-hydrogen) atoms. The highest BCUT2D eigenvalue weighted by atomic mass is 16.4. The number of benzene rings is 1. The van der Waals surface area contributed by atoms with Gasteiger partial charge in [0.05, 0.1) is 6.61 Å². The van der Waals surface area contributed by atoms with Crippen LogP contribution in [0, 0.1) is 0 Å². The highest BCUT2D eigenvalue weighted by Gasteiger charge is 2.08. The van der Waals surface area contributed by atoms with Gasteiger partial charge >= 0.3 is 0 Å². The van der Waals surface area contributed by atoms with Crippen molar-refractivity contribution in [2.24, 2.45) is 0 Å². The molecule has 108 valence electrons. The van der Waals surface area contributed by atoms with E-state index < -0.39 is 0 Å². The quantitative estimate of drug-likeness (QED) is 0.745. The van der Waals surface area contributed by atoms with Gasteiger partial charge in [-0.1, -0.05) is 44.7 Å². The summed E-state index contributed by atoms with van der Waals surface area (Å²) in [5.41, 5.74) is 1.77. The molecule has 0 radical (unpaired) electrons. The molecular formula is C16H22N2O2. The molecule has 4 heteroatoms. The molecule has 1 N–H and O–H groups in total. The van der Waals surface area contributed by atoms with Gasteiger partial charge < -0.3 is 9.52 Å². The molecule has 1 aromatic carbocycles. The molecule has 0 saturated heterocycles. The molecule has 0 fully saturated rings. The molecule has 0 bridgehead atoms. The lowest BCUT2D eigenvalue weighted by atomic mass is 10.1. The predicted octanol–water partition coefficient (Wildman–Crippen LogP) is 3.74. The van der Waals surface area contributed by atoms with Gasteiger partial charge in [-0.2, -0.15) is 0 Å². The maximum atomic E-state index is 9.01. The van der Waals surface area contributed by atoms with Crippen molar-refractivity contribution >= 4 is 0 Å². The van der Waals surface area contributed by atoms with Crippen LogP contribution in [0.15, 0.2) is 28.7 Å². The van der Waals surface area contributed by atoms with E-state index in [0.717, 1.165) is 24.0 Å². The average Bonchev–Trinajstić information content (AvgIpc) is 2.96. The zero-order chi connectivity index (χ0) is 14.2. The Morgan fingerprint density at radius 1 is 1.00 bits per heavy atom. The Bertz CT molecular complexity index is 505. The number of aryl methyl sites for hydroxylation is 1. The first-order valence-electron chi connectivity index (χ1n) is 7.36. The summed E-state index contributed by atoms with van der Waals surface area (Å²) in [5.74, 6) is 1.26. The number of aromatic nitrogens is 2. The van der Waals surface area contributed by atoms with Crippen molar-refractivity contribution in [2.45, 2.75) is 52.1 Å². The monoisotopic (exact) mass is 274 g/mol. The van der Waals surface area contributed by atoms with Gasteiger partial charge in [0.15, 0.2) is 0 Å². The third kappa shape index (κ3) is 4.17. The van der Waals surface area contributed by atoms with Crippen LogP contribution in [0.5, 0.6) is 0 Å². The summed E-state index contributed by atoms with van der Waals surface area (Å²) in [6, 6.07) is 7.52. The van der Waals surface area contributed by atoms with E-state index in [0.29, 0.717) is 11.8 Å². The minimum atomic E-state index is 0.0487. The Labute approximate surface area is 119 Å². The van der Waals surface area contributed by atoms with Crippen molar-refractivity contribution in [3.63, 3.8) is 0 Å². The van der Waals surface area contributed by atoms with E-state index in [2.05, 4.69) is 17.1 Å². The first-order valence-corrected chi connectivity index (χ1v) is 7.36. The van der Waals surface area contributed by atoms with Gasteiger partial charge in [0.25, 0.3) is 0 Å². The first kappa shape index (κ1) is 14.7. The van der Waals surface area contributed by atoms with Crippen LogP contribution in [0.25, 0.3) is 11.5 Å². The lowest BCUT2D eigenvalue weighted by Crippen LogP contribution is -1.86. The molecule has 2 aromatic rings. The normalized spacial score (nSPS) is 10.9. The molecule has 0 aliphatic heterocycles. The predicted molar refractivity (Wildman–Crippen MR) is 78.1 cm³/mol. The van der Waals surface area contributed by atoms with Crippen LogP contribution in [0.4, 0.5) is 0 Å². The van der Waals surface area contributed by atoms with E-state index >= 15 is 0 Å². The van der Waals surface area contributed by atoms with Gasteiger partial charge in [0, 0.05) is 12.0 Å². The first-order chi connectivity index (χ1) is 9.83. The fourth-order valence-electron chi connectivity index (χ4n) is 2.10. The zero-order valence-electron chi connectivity index (χ0n) is 12.0. The fraction of sp³-hybridized carbons (Fsp3) is 0.500. The molecule has 0 aliphatic rings. The Morgan fingerprint density at radius 2 is 1.75 bits per heavy atom. The second-order valence-electron chi connectivity index (χ2n) is 5.02. The molecule has 1 aromatic heterocycles. The Morgan fingerprint density at radius 3 is 2.45 bits per heavy atom. The van der Waals surface area contributed by atoms with E-state index in [1.807, 2.05) is 24.3 Å². The minimum absolute atomic E-state index is 0.0487. The molecule has 2 rings (SSSR count). The maximum Gasteiger partial charge on any atom is 0.247 e. The van der Waals surface area contributed by atoms with Crippen LogP contribution >= 0.6 is 0 Å². The van der Waals surface area contributed by atoms with Crippen LogP contribution in [-0.2, 0) is 13.0 Å². The Hall–Kier alpha value is -1.68. The number of unbranched alkanes of at least 4 members (excludes halogenated alkanes) is 4. The SMILES string of the molecule is CCCCCCCc1nnc(-c2ccc(CO)cc2)o1. The van der Waals surface area contributed by atoms with E-state index in [4.69, 9.17) is 9.52 Å². The molecule has 1 heterocycles. The van der Waals surface area contributed by atoms with Crippen molar-refractivity contribution in [1.29, 1.82) is 0 Å². The molecule has 4 nitrogen and oxygen atoms in total. The molecule has 0 atom stereocenters. The number of rotatable bonds is 8. The smallest absolute Gasteiger partial charge is 0.247 e. The number of aliphatic hydroxyl groups excluding tert-OH is 1. The fourth-order valence-corrected chi connectivity index (χ4v) is 2.10. The van der Waals surface area contributed by atoms with Crippen molar-refractivity contribution < 1.29 is 9.52 Å². The van der Waals surface area contributed by atoms with Gasteiger partial charge in [-0.05, 0) is 24.1 Å². The summed E-state index contributed by atoms with van der Waals surface area (Å²) in [7, 11) is 0. The number of nitrogens with zero attached hydrogens (tertiary/aromatic N) is 2. The van der Waals surface area contributed by atoms with Gasteiger partial charge in [-0.25, -0.2) is 0 Å². The summed E-state index contributed by atoms with van der Waals surface area (Å²) >= 11 is 0. The standard InChI is InChI=1S/C16H22N2O2/c1-2-3-4-5-6-7-15-17-18-16(20-15)14-10-8-13(12-19)9-11-14/h8-11,19H,2-7,12H2,1H3. The minimum Gasteiger partial charge on any atom is -0.421 e. The van der Waals surface area contributed by atoms with E-state index in [-0.39, 0.29) is 6.61 Å². The summed E-state index contributed by atoms with van der Waals surface area (Å²) < 4.78 is 5.67. The third-order valence-electron chi connectivity index (χ3n) is 3.34. The zero-order valence-corrected chi connectivity index (χ0v) is 12.0. The van der Waals surface area contributed by atoms with Gasteiger partial charge in [0.2, 0.25) is 11.8 Å². The van der Waals surface area contributed by atoms with Crippen LogP contribution in [0.1, 0.15) is 50.5 Å². The Kier molecular flexibility index (Phi) is 5.74. The molecule has 0 unspecified atom stereocenters. The summed E-state index contributed by atoms with van der Waals surface area (Å²) in [6.07, 6.45) is 7.01. The van der Waals surface area contributed by atoms with Crippen molar-refractivity contribution in [1.82, 2.24) is 10.2 Å². The molecule has 0 spiro atoms. The summed E-state index contributed by atoms with van der Waals surface area (Å²) in [5, 5.41) is 17.2. The molecule has 0 saturated carbocycles. The lowest BCUT2D eigenvalue weighted by Gasteiger charge is -1.98. The largest absolute Gasteiger partial charge is 0.421 e. The lowest BCUT2D eigenvalue weighted by molar-refractivity contribution is 0.282. The molecular weight excluding hydrogens is 252 g/mol. The second-order valence-corrected chi connectivity index (χ2v) is 5.02. The number of hydrogen-bond acceptors (Lipinski definition) is 4. The van der Waals surface area contributed by atoms with Crippen LogP contribution < -0.4 is 0 Å². The topological polar surface area (TPSA) is 59.2 Å². The van der Waals surface area contributed by atoms with Crippen LogP contribution in [-0.4, -0.2) is 15.3 Å². The highest BCUT2D eigenvalue weighted by Crippen LogP contribution is 2.19. The summed E-state index contributed by atoms with van der Waals surface area (Å²) in [6.45, 7) is 2.26. The van der Waals surface area contributed by atoms with Gasteiger partial charge in [0.1, 0.15) is 0 Å². The van der Waals surface area contributed by atoms with Crippen LogP contribution in [0.2, 0.25) is 0 Å². The summed E-state index contributed by atoms with van der Waals surface area (Å²) in [4.78, 5) is 0. The maximum absolute atomic E-state index is 9.01. The van der Waals surface area contributed by atoms with E-state index in [1.165, 1.54) is 25.7 Å². The second kappa shape index (κ2) is 7.80. The van der Waals surface area contributed by atoms with Crippen molar-refractivity contribution in [3.05, 3.63) is 35.7 Å². The third-order valence-corrected chi connectivity index (χ3v) is 3.34. The average molecular weight is 274 g/mol. The van der Waals surface area contributed by atoms with E-state index in [1.54, 1.807) is 0 Å². The van der Waals surface area contributed by atoms with Crippen molar-refractivity contribution in [2.75, 3.05) is 0 Å². The van der Waals surface area contributed by atoms with Gasteiger partial charge in [-0.15, -0.1) is 10.2 Å². The molecule has 0 aliphatic carbocycles. The molecule has 0 amide bonds. The number of aliphatic hydroxyl groups is 1. The van der Waals surface area contributed by atoms with Gasteiger partial charge in [-0.3, -0.25) is 0 Å². The van der Waals surface area contributed by atoms with Crippen molar-refractivity contribution in [3.8, 4) is 11.5 Å². The number of hydrogen-bond donors (Lipinski definition) is 1.